The molecule has 1 heterocycles. The second kappa shape index (κ2) is 29.0. The van der Waals surface area contributed by atoms with E-state index >= 15 is 0 Å². The molecular formula is C37H69NO12S. The molecule has 0 aromatic carbocycles. The fraction of sp³-hybridized carbons (Fsp3) is 0.865. The van der Waals surface area contributed by atoms with E-state index in [-0.39, 0.29) is 6.42 Å². The Balaban J connectivity index is 2.41. The maximum absolute atomic E-state index is 12.9. The molecule has 0 saturated carbocycles. The van der Waals surface area contributed by atoms with Crippen molar-refractivity contribution < 1.29 is 57.0 Å². The summed E-state index contributed by atoms with van der Waals surface area (Å²) in [5, 5.41) is 54.2. The summed E-state index contributed by atoms with van der Waals surface area (Å²) in [6.07, 6.45) is 18.4. The van der Waals surface area contributed by atoms with Crippen molar-refractivity contribution in [2.45, 2.75) is 191 Å². The predicted octanol–water partition coefficient (Wildman–Crippen LogP) is 4.79. The minimum Gasteiger partial charge on any atom is -0.394 e. The lowest BCUT2D eigenvalue weighted by molar-refractivity contribution is -0.298. The Labute approximate surface area is 306 Å². The second-order valence-corrected chi connectivity index (χ2v) is 14.7. The van der Waals surface area contributed by atoms with Gasteiger partial charge in [0.05, 0.1) is 25.4 Å². The van der Waals surface area contributed by atoms with Crippen molar-refractivity contribution in [2.75, 3.05) is 13.2 Å². The van der Waals surface area contributed by atoms with Crippen LogP contribution in [0, 0.1) is 0 Å². The molecule has 1 aliphatic heterocycles. The van der Waals surface area contributed by atoms with E-state index in [1.807, 2.05) is 6.92 Å². The van der Waals surface area contributed by atoms with E-state index in [4.69, 9.17) is 14.0 Å². The number of ether oxygens (including phenoxy) is 2. The number of unbranched alkanes of at least 4 members (excludes halogenated alkanes) is 16. The smallest absolute Gasteiger partial charge is 0.394 e. The minimum atomic E-state index is -5.10. The molecule has 8 unspecified atom stereocenters. The van der Waals surface area contributed by atoms with Crippen LogP contribution in [0.15, 0.2) is 24.3 Å². The third-order valence-corrected chi connectivity index (χ3v) is 9.53. The fourth-order valence-electron chi connectivity index (χ4n) is 5.93. The zero-order valence-corrected chi connectivity index (χ0v) is 31.8. The molecule has 7 N–H and O–H groups in total. The molecule has 51 heavy (non-hydrogen) atoms. The number of aliphatic hydroxyl groups excluding tert-OH is 5. The van der Waals surface area contributed by atoms with E-state index < -0.39 is 78.5 Å². The molecule has 14 heteroatoms. The van der Waals surface area contributed by atoms with E-state index in [0.29, 0.717) is 12.8 Å². The maximum atomic E-state index is 12.9. The highest BCUT2D eigenvalue weighted by molar-refractivity contribution is 7.80. The van der Waals surface area contributed by atoms with Crippen molar-refractivity contribution in [3.8, 4) is 0 Å². The number of hydrogen-bond acceptors (Lipinski definition) is 11. The zero-order chi connectivity index (χ0) is 37.9. The van der Waals surface area contributed by atoms with Crippen LogP contribution in [0.2, 0.25) is 0 Å². The van der Waals surface area contributed by atoms with Gasteiger partial charge in [0.15, 0.2) is 6.29 Å². The third kappa shape index (κ3) is 22.4. The SMILES string of the molecule is CCC/C=C/C(O)C(COC1OC(CO)C(O)C(OS(=O)(=O)O)C1O)NC(=O)C(O)CCCCCCCC/C=C\CCCCCCCCCCC. The largest absolute Gasteiger partial charge is 0.397 e. The van der Waals surface area contributed by atoms with Crippen molar-refractivity contribution in [1.82, 2.24) is 5.32 Å². The van der Waals surface area contributed by atoms with Gasteiger partial charge in [-0.15, -0.1) is 0 Å². The van der Waals surface area contributed by atoms with Crippen molar-refractivity contribution in [1.29, 1.82) is 0 Å². The Hall–Kier alpha value is -1.46. The van der Waals surface area contributed by atoms with Crippen molar-refractivity contribution >= 4 is 16.3 Å². The number of rotatable bonds is 31. The molecule has 13 nitrogen and oxygen atoms in total. The Morgan fingerprint density at radius 1 is 0.784 bits per heavy atom. The van der Waals surface area contributed by atoms with E-state index in [2.05, 4.69) is 28.6 Å². The summed E-state index contributed by atoms with van der Waals surface area (Å²) in [7, 11) is -5.10. The Bertz CT molecular complexity index is 1040. The number of carbonyl (C=O) groups excluding carboxylic acids is 1. The highest BCUT2D eigenvalue weighted by Crippen LogP contribution is 2.26. The van der Waals surface area contributed by atoms with E-state index in [9.17, 15) is 38.7 Å². The fourth-order valence-corrected chi connectivity index (χ4v) is 6.44. The van der Waals surface area contributed by atoms with Crippen LogP contribution in [-0.2, 0) is 28.9 Å². The van der Waals surface area contributed by atoms with Crippen LogP contribution in [0.25, 0.3) is 0 Å². The summed E-state index contributed by atoms with van der Waals surface area (Å²) >= 11 is 0. The topological polar surface area (TPSA) is 212 Å². The Kier molecular flexibility index (Phi) is 27.0. The molecule has 0 bridgehead atoms. The normalized spacial score (nSPS) is 23.2. The van der Waals surface area contributed by atoms with E-state index in [1.54, 1.807) is 6.08 Å². The molecule has 0 aromatic heterocycles. The van der Waals surface area contributed by atoms with Gasteiger partial charge in [-0.25, -0.2) is 4.18 Å². The first-order valence-corrected chi connectivity index (χ1v) is 20.7. The first-order valence-electron chi connectivity index (χ1n) is 19.3. The summed E-state index contributed by atoms with van der Waals surface area (Å²) in [6.45, 7) is 2.93. The summed E-state index contributed by atoms with van der Waals surface area (Å²) in [6, 6.07) is -1.12. The number of allylic oxidation sites excluding steroid dienone is 3. The lowest BCUT2D eigenvalue weighted by atomic mass is 9.99. The van der Waals surface area contributed by atoms with Gasteiger partial charge in [0.2, 0.25) is 5.91 Å². The molecule has 8 atom stereocenters. The Morgan fingerprint density at radius 3 is 1.86 bits per heavy atom. The lowest BCUT2D eigenvalue weighted by Gasteiger charge is -2.41. The number of aliphatic hydroxyl groups is 5. The average molecular weight is 752 g/mol. The molecule has 0 spiro atoms. The molecule has 1 aliphatic rings. The Morgan fingerprint density at radius 2 is 1.33 bits per heavy atom. The number of hydrogen-bond donors (Lipinski definition) is 7. The van der Waals surface area contributed by atoms with Crippen molar-refractivity contribution in [3.05, 3.63) is 24.3 Å². The first-order chi connectivity index (χ1) is 24.4. The third-order valence-electron chi connectivity index (χ3n) is 9.07. The summed E-state index contributed by atoms with van der Waals surface area (Å²) < 4.78 is 46.9. The van der Waals surface area contributed by atoms with Crippen LogP contribution < -0.4 is 5.32 Å². The molecule has 0 aliphatic carbocycles. The van der Waals surface area contributed by atoms with Crippen LogP contribution in [0.4, 0.5) is 0 Å². The van der Waals surface area contributed by atoms with Gasteiger partial charge in [0.25, 0.3) is 0 Å². The van der Waals surface area contributed by atoms with Gasteiger partial charge in [-0.2, -0.15) is 8.42 Å². The van der Waals surface area contributed by atoms with Gasteiger partial charge in [-0.05, 0) is 38.5 Å². The molecule has 0 radical (unpaired) electrons. The zero-order valence-electron chi connectivity index (χ0n) is 31.0. The average Bonchev–Trinajstić information content (AvgIpc) is 3.09. The molecule has 0 aromatic rings. The van der Waals surface area contributed by atoms with Crippen molar-refractivity contribution in [3.63, 3.8) is 0 Å². The predicted molar refractivity (Wildman–Crippen MR) is 196 cm³/mol. The molecular weight excluding hydrogens is 682 g/mol. The van der Waals surface area contributed by atoms with Crippen LogP contribution in [-0.4, -0.2) is 107 Å². The van der Waals surface area contributed by atoms with Gasteiger partial charge in [0, 0.05) is 0 Å². The summed E-state index contributed by atoms with van der Waals surface area (Å²) in [5.41, 5.74) is 0. The second-order valence-electron chi connectivity index (χ2n) is 13.7. The molecule has 300 valence electrons. The lowest BCUT2D eigenvalue weighted by Crippen LogP contribution is -2.61. The van der Waals surface area contributed by atoms with Gasteiger partial charge in [0.1, 0.15) is 30.5 Å². The quantitative estimate of drug-likeness (QED) is 0.0290. The summed E-state index contributed by atoms with van der Waals surface area (Å²) in [5.74, 6) is -0.720. The summed E-state index contributed by atoms with van der Waals surface area (Å²) in [4.78, 5) is 12.9. The minimum absolute atomic E-state index is 0.234. The van der Waals surface area contributed by atoms with Crippen LogP contribution >= 0.6 is 0 Å². The number of carbonyl (C=O) groups is 1. The molecule has 1 rings (SSSR count). The highest BCUT2D eigenvalue weighted by atomic mass is 32.3. The number of amides is 1. The van der Waals surface area contributed by atoms with E-state index in [1.165, 1.54) is 63.9 Å². The van der Waals surface area contributed by atoms with Crippen molar-refractivity contribution in [2.24, 2.45) is 0 Å². The first kappa shape index (κ1) is 47.6. The molecule has 1 fully saturated rings. The number of nitrogens with one attached hydrogen (secondary N) is 1. The highest BCUT2D eigenvalue weighted by Gasteiger charge is 2.48. The van der Waals surface area contributed by atoms with Gasteiger partial charge in [-0.1, -0.05) is 128 Å². The standard InChI is InChI=1S/C37H69NO12S/c1-3-5-7-8-9-10-11-12-13-14-15-16-17-18-19-20-21-22-24-26-31(41)36(44)38-29(30(40)25-23-6-4-2)28-48-37-34(43)35(50-51(45,46)47)33(42)32(27-39)49-37/h15-16,23,25,29-35,37,39-43H,3-14,17-22,24,26-28H2,1-2H3,(H,38,44)(H,45,46,47)/b16-15-,25-23+. The van der Waals surface area contributed by atoms with E-state index in [0.717, 1.165) is 51.4 Å². The van der Waals surface area contributed by atoms with Crippen LogP contribution in [0.1, 0.15) is 142 Å². The van der Waals surface area contributed by atoms with Gasteiger partial charge >= 0.3 is 10.4 Å². The van der Waals surface area contributed by atoms with Gasteiger partial charge < -0.3 is 40.3 Å². The maximum Gasteiger partial charge on any atom is 0.397 e. The van der Waals surface area contributed by atoms with Gasteiger partial charge in [-0.3, -0.25) is 9.35 Å². The molecule has 1 amide bonds. The molecule has 1 saturated heterocycles. The van der Waals surface area contributed by atoms with Crippen LogP contribution in [0.3, 0.4) is 0 Å². The monoisotopic (exact) mass is 751 g/mol. The van der Waals surface area contributed by atoms with Crippen LogP contribution in [0.5, 0.6) is 0 Å².